The van der Waals surface area contributed by atoms with Crippen molar-refractivity contribution in [1.29, 1.82) is 0 Å². The number of carbonyl (C=O) groups is 1. The number of hydrogen-bond acceptors (Lipinski definition) is 1. The van der Waals surface area contributed by atoms with Gasteiger partial charge < -0.3 is 0 Å². The molecular formula is C26H31F3O. The first kappa shape index (κ1) is 22.6. The topological polar surface area (TPSA) is 17.1 Å². The lowest BCUT2D eigenvalue weighted by Gasteiger charge is -2.14. The summed E-state index contributed by atoms with van der Waals surface area (Å²) < 4.78 is 38.7. The molecule has 1 nitrogen and oxygen atoms in total. The van der Waals surface area contributed by atoms with Crippen molar-refractivity contribution in [2.24, 2.45) is 11.8 Å². The number of rotatable bonds is 6. The van der Waals surface area contributed by atoms with E-state index in [2.05, 4.69) is 13.0 Å². The summed E-state index contributed by atoms with van der Waals surface area (Å²) in [6.45, 7) is 4.29. The van der Waals surface area contributed by atoms with Gasteiger partial charge in [0.25, 0.3) is 0 Å². The molecule has 162 valence electrons. The number of ketones is 1. The number of aryl methyl sites for hydroxylation is 3. The van der Waals surface area contributed by atoms with Crippen LogP contribution < -0.4 is 0 Å². The normalized spacial score (nSPS) is 20.0. The molecule has 1 fully saturated rings. The summed E-state index contributed by atoms with van der Waals surface area (Å²) in [6, 6.07) is 11.6. The zero-order valence-electron chi connectivity index (χ0n) is 17.9. The quantitative estimate of drug-likeness (QED) is 0.458. The number of benzene rings is 2. The van der Waals surface area contributed by atoms with E-state index in [4.69, 9.17) is 0 Å². The van der Waals surface area contributed by atoms with Gasteiger partial charge in [-0.3, -0.25) is 4.79 Å². The number of carbonyl (C=O) groups excluding carboxylic acids is 1. The lowest BCUT2D eigenvalue weighted by atomic mass is 9.90. The minimum Gasteiger partial charge on any atom is -0.299 e. The molecule has 2 unspecified atom stereocenters. The molecule has 0 bridgehead atoms. The molecule has 0 spiro atoms. The van der Waals surface area contributed by atoms with Crippen molar-refractivity contribution in [3.63, 3.8) is 0 Å². The van der Waals surface area contributed by atoms with Gasteiger partial charge in [0, 0.05) is 12.3 Å². The van der Waals surface area contributed by atoms with Crippen molar-refractivity contribution in [2.45, 2.75) is 71.4 Å². The number of Topliss-reactive ketones (excluding diaryl/α,β-unsaturated/α-hetero) is 1. The number of alkyl halides is 3. The summed E-state index contributed by atoms with van der Waals surface area (Å²) in [4.78, 5) is 12.8. The van der Waals surface area contributed by atoms with E-state index in [-0.39, 0.29) is 5.92 Å². The first-order chi connectivity index (χ1) is 14.2. The van der Waals surface area contributed by atoms with Crippen molar-refractivity contribution < 1.29 is 18.0 Å². The smallest absolute Gasteiger partial charge is 0.299 e. The second-order valence-electron chi connectivity index (χ2n) is 8.91. The monoisotopic (exact) mass is 416 g/mol. The molecule has 2 atom stereocenters. The summed E-state index contributed by atoms with van der Waals surface area (Å²) in [6.07, 6.45) is 2.94. The molecule has 3 rings (SSSR count). The van der Waals surface area contributed by atoms with Gasteiger partial charge in [0.2, 0.25) is 0 Å². The van der Waals surface area contributed by atoms with Crippen LogP contribution in [0.2, 0.25) is 0 Å². The molecule has 1 aliphatic carbocycles. The van der Waals surface area contributed by atoms with Crippen LogP contribution in [-0.4, -0.2) is 5.78 Å². The van der Waals surface area contributed by atoms with E-state index in [1.165, 1.54) is 18.6 Å². The Labute approximate surface area is 177 Å². The van der Waals surface area contributed by atoms with Gasteiger partial charge in [0.1, 0.15) is 5.78 Å². The summed E-state index contributed by atoms with van der Waals surface area (Å²) in [7, 11) is 0. The lowest BCUT2D eigenvalue weighted by molar-refractivity contribution is -0.137. The third kappa shape index (κ3) is 6.20. The van der Waals surface area contributed by atoms with Gasteiger partial charge >= 0.3 is 6.18 Å². The van der Waals surface area contributed by atoms with Crippen molar-refractivity contribution in [1.82, 2.24) is 0 Å². The third-order valence-electron chi connectivity index (χ3n) is 6.44. The van der Waals surface area contributed by atoms with Crippen molar-refractivity contribution in [3.8, 4) is 0 Å². The molecule has 4 heteroatoms. The zero-order valence-corrected chi connectivity index (χ0v) is 17.9. The number of hydrogen-bond donors (Lipinski definition) is 0. The Kier molecular flexibility index (Phi) is 7.38. The molecule has 0 aliphatic heterocycles. The van der Waals surface area contributed by atoms with E-state index in [0.717, 1.165) is 54.4 Å². The zero-order chi connectivity index (χ0) is 21.7. The van der Waals surface area contributed by atoms with Crippen LogP contribution in [0, 0.1) is 18.8 Å². The van der Waals surface area contributed by atoms with E-state index in [9.17, 15) is 18.0 Å². The van der Waals surface area contributed by atoms with E-state index < -0.39 is 11.7 Å². The van der Waals surface area contributed by atoms with Crippen LogP contribution >= 0.6 is 0 Å². The molecule has 0 N–H and O–H groups in total. The summed E-state index contributed by atoms with van der Waals surface area (Å²) in [5, 5.41) is 0. The highest BCUT2D eigenvalue weighted by molar-refractivity contribution is 5.83. The van der Waals surface area contributed by atoms with Crippen LogP contribution in [0.25, 0.3) is 0 Å². The Balaban J connectivity index is 1.59. The van der Waals surface area contributed by atoms with E-state index in [0.29, 0.717) is 30.6 Å². The van der Waals surface area contributed by atoms with Gasteiger partial charge in [-0.15, -0.1) is 0 Å². The second-order valence-corrected chi connectivity index (χ2v) is 8.91. The van der Waals surface area contributed by atoms with Crippen LogP contribution in [0.3, 0.4) is 0 Å². The highest BCUT2D eigenvalue weighted by atomic mass is 19.4. The van der Waals surface area contributed by atoms with Gasteiger partial charge in [-0.1, -0.05) is 62.6 Å². The standard InChI is InChI=1S/C26H31F3O/c1-18-5-3-7-23(12-9-18)25(30)17-21-11-14-22(19(2)15-21)13-10-20-6-4-8-24(16-20)26(27,28)29/h4,6,8,11,14-16,18,23H,3,5,7,9-10,12-13,17H2,1-2H3. The Bertz CT molecular complexity index is 869. The Hall–Kier alpha value is -2.10. The van der Waals surface area contributed by atoms with E-state index in [1.54, 1.807) is 6.07 Å². The largest absolute Gasteiger partial charge is 0.416 e. The Morgan fingerprint density at radius 2 is 1.77 bits per heavy atom. The minimum atomic E-state index is -4.31. The maximum Gasteiger partial charge on any atom is 0.416 e. The SMILES string of the molecule is Cc1cc(CC(=O)C2CCCC(C)CC2)ccc1CCc1cccc(C(F)(F)F)c1. The van der Waals surface area contributed by atoms with Gasteiger partial charge in [-0.25, -0.2) is 0 Å². The molecule has 2 aromatic carbocycles. The molecule has 30 heavy (non-hydrogen) atoms. The average molecular weight is 417 g/mol. The third-order valence-corrected chi connectivity index (χ3v) is 6.44. The Morgan fingerprint density at radius 3 is 2.50 bits per heavy atom. The van der Waals surface area contributed by atoms with Gasteiger partial charge in [-0.05, 0) is 66.8 Å². The van der Waals surface area contributed by atoms with Gasteiger partial charge in [0.15, 0.2) is 0 Å². The minimum absolute atomic E-state index is 0.191. The molecular weight excluding hydrogens is 385 g/mol. The molecule has 0 saturated heterocycles. The summed E-state index contributed by atoms with van der Waals surface area (Å²) in [5.74, 6) is 1.26. The highest BCUT2D eigenvalue weighted by Gasteiger charge is 2.30. The van der Waals surface area contributed by atoms with E-state index in [1.807, 2.05) is 19.1 Å². The van der Waals surface area contributed by atoms with Crippen LogP contribution in [0.1, 0.15) is 66.8 Å². The van der Waals surface area contributed by atoms with Crippen molar-refractivity contribution >= 4 is 5.78 Å². The average Bonchev–Trinajstić information content (AvgIpc) is 2.91. The van der Waals surface area contributed by atoms with Crippen LogP contribution in [0.5, 0.6) is 0 Å². The second kappa shape index (κ2) is 9.80. The maximum absolute atomic E-state index is 12.9. The van der Waals surface area contributed by atoms with Gasteiger partial charge in [0.05, 0.1) is 5.56 Å². The predicted octanol–water partition coefficient (Wildman–Crippen LogP) is 7.13. The maximum atomic E-state index is 12.9. The molecule has 1 saturated carbocycles. The molecule has 0 amide bonds. The first-order valence-electron chi connectivity index (χ1n) is 11.0. The summed E-state index contributed by atoms with van der Waals surface area (Å²) >= 11 is 0. The fraction of sp³-hybridized carbons (Fsp3) is 0.500. The molecule has 1 aliphatic rings. The molecule has 0 heterocycles. The molecule has 2 aromatic rings. The first-order valence-corrected chi connectivity index (χ1v) is 11.0. The van der Waals surface area contributed by atoms with E-state index >= 15 is 0 Å². The summed E-state index contributed by atoms with van der Waals surface area (Å²) in [5.41, 5.74) is 3.34. The predicted molar refractivity (Wildman–Crippen MR) is 114 cm³/mol. The van der Waals surface area contributed by atoms with Crippen LogP contribution in [-0.2, 0) is 30.2 Å². The molecule has 0 aromatic heterocycles. The number of halogens is 3. The van der Waals surface area contributed by atoms with Crippen molar-refractivity contribution in [2.75, 3.05) is 0 Å². The van der Waals surface area contributed by atoms with Crippen LogP contribution in [0.4, 0.5) is 13.2 Å². The fourth-order valence-corrected chi connectivity index (χ4v) is 4.49. The highest BCUT2D eigenvalue weighted by Crippen LogP contribution is 2.30. The van der Waals surface area contributed by atoms with Crippen LogP contribution in [0.15, 0.2) is 42.5 Å². The molecule has 0 radical (unpaired) electrons. The lowest BCUT2D eigenvalue weighted by Crippen LogP contribution is -2.16. The van der Waals surface area contributed by atoms with Gasteiger partial charge in [-0.2, -0.15) is 13.2 Å². The Morgan fingerprint density at radius 1 is 0.967 bits per heavy atom. The van der Waals surface area contributed by atoms with Crippen molar-refractivity contribution in [3.05, 3.63) is 70.3 Å². The fourth-order valence-electron chi connectivity index (χ4n) is 4.49.